The topological polar surface area (TPSA) is 119 Å². The first-order valence-electron chi connectivity index (χ1n) is 13.6. The Kier molecular flexibility index (Phi) is 10.6. The summed E-state index contributed by atoms with van der Waals surface area (Å²) in [6, 6.07) is 9.90. The summed E-state index contributed by atoms with van der Waals surface area (Å²) in [7, 11) is 0. The molecule has 4 atom stereocenters. The van der Waals surface area contributed by atoms with E-state index in [9.17, 15) is 29.0 Å². The molecule has 4 N–H and O–H groups in total. The number of carboxylic acid groups (broad SMARTS) is 1. The van der Waals surface area contributed by atoms with Gasteiger partial charge in [-0.05, 0) is 60.6 Å². The first kappa shape index (κ1) is 31.4. The highest BCUT2D eigenvalue weighted by molar-refractivity contribution is 6.30. The minimum Gasteiger partial charge on any atom is -0.465 e. The second kappa shape index (κ2) is 13.5. The van der Waals surface area contributed by atoms with Gasteiger partial charge >= 0.3 is 6.09 Å². The Labute approximate surface area is 239 Å². The van der Waals surface area contributed by atoms with E-state index in [-0.39, 0.29) is 30.6 Å². The highest BCUT2D eigenvalue weighted by atomic mass is 35.5. The van der Waals surface area contributed by atoms with Gasteiger partial charge in [-0.2, -0.15) is 0 Å². The Morgan fingerprint density at radius 2 is 1.88 bits per heavy atom. The molecule has 0 saturated carbocycles. The molecule has 0 aromatic heterocycles. The molecule has 3 rings (SSSR count). The van der Waals surface area contributed by atoms with E-state index in [2.05, 4.69) is 10.6 Å². The smallest absolute Gasteiger partial charge is 0.408 e. The molecule has 3 amide bonds. The number of aliphatic hydroxyl groups excluding tert-OH is 1. The van der Waals surface area contributed by atoms with Crippen LogP contribution >= 0.6 is 11.6 Å². The van der Waals surface area contributed by atoms with Gasteiger partial charge in [0.1, 0.15) is 11.9 Å². The number of hydrogen-bond acceptors (Lipinski definition) is 4. The van der Waals surface area contributed by atoms with Crippen molar-refractivity contribution >= 4 is 29.5 Å². The van der Waals surface area contributed by atoms with Gasteiger partial charge in [-0.25, -0.2) is 9.18 Å². The van der Waals surface area contributed by atoms with Crippen LogP contribution in [0.5, 0.6) is 0 Å². The molecule has 1 fully saturated rings. The van der Waals surface area contributed by atoms with Crippen molar-refractivity contribution in [2.75, 3.05) is 13.2 Å². The third-order valence-electron chi connectivity index (χ3n) is 7.57. The van der Waals surface area contributed by atoms with E-state index in [0.717, 1.165) is 10.5 Å². The molecular weight excluding hydrogens is 537 g/mol. The molecule has 1 aliphatic heterocycles. The lowest BCUT2D eigenvalue weighted by Crippen LogP contribution is -2.56. The normalized spacial score (nSPS) is 17.7. The molecule has 218 valence electrons. The summed E-state index contributed by atoms with van der Waals surface area (Å²) < 4.78 is 14.0. The maximum atomic E-state index is 14.0. The van der Waals surface area contributed by atoms with Gasteiger partial charge < -0.3 is 20.8 Å². The third-order valence-corrected chi connectivity index (χ3v) is 7.80. The average molecular weight is 576 g/mol. The van der Waals surface area contributed by atoms with Crippen molar-refractivity contribution < 1.29 is 29.0 Å². The summed E-state index contributed by atoms with van der Waals surface area (Å²) >= 11 is 6.30. The van der Waals surface area contributed by atoms with Crippen molar-refractivity contribution in [3.05, 3.63) is 70.5 Å². The van der Waals surface area contributed by atoms with Crippen molar-refractivity contribution in [1.82, 2.24) is 15.5 Å². The van der Waals surface area contributed by atoms with E-state index in [0.29, 0.717) is 23.6 Å². The SMILES string of the molecule is CC(C)C[C@@H](C(=O)N[C@H](CO)C[C@@H]1CCNC1=O)N(C(=O)O)C(c1ccc(F)cc1)C(C)(C)c1cccc(Cl)c1. The summed E-state index contributed by atoms with van der Waals surface area (Å²) in [5, 5.41) is 26.7. The molecule has 1 unspecified atom stereocenters. The number of amides is 3. The molecule has 8 nitrogen and oxygen atoms in total. The van der Waals surface area contributed by atoms with Gasteiger partial charge in [-0.1, -0.05) is 63.6 Å². The summed E-state index contributed by atoms with van der Waals surface area (Å²) in [5.74, 6) is -1.57. The van der Waals surface area contributed by atoms with Gasteiger partial charge in [-0.15, -0.1) is 0 Å². The van der Waals surface area contributed by atoms with Crippen LogP contribution in [0.25, 0.3) is 0 Å². The van der Waals surface area contributed by atoms with Crippen LogP contribution in [0.15, 0.2) is 48.5 Å². The highest BCUT2D eigenvalue weighted by Crippen LogP contribution is 2.43. The van der Waals surface area contributed by atoms with Crippen LogP contribution in [0.3, 0.4) is 0 Å². The number of nitrogens with one attached hydrogen (secondary N) is 2. The number of carbonyl (C=O) groups is 3. The lowest BCUT2D eigenvalue weighted by molar-refractivity contribution is -0.130. The molecule has 0 radical (unpaired) electrons. The number of aliphatic hydroxyl groups is 1. The number of carbonyl (C=O) groups excluding carboxylic acids is 2. The Bertz CT molecular complexity index is 1190. The van der Waals surface area contributed by atoms with Gasteiger partial charge in [0.2, 0.25) is 11.8 Å². The van der Waals surface area contributed by atoms with E-state index < -0.39 is 48.0 Å². The molecular formula is C30H39ClFN3O5. The van der Waals surface area contributed by atoms with Crippen molar-refractivity contribution in [3.63, 3.8) is 0 Å². The standard InChI is InChI=1S/C30H39ClFN3O5/c1-18(2)14-25(28(38)34-24(17-36)15-20-12-13-33-27(20)37)35(29(39)40)26(19-8-10-23(32)11-9-19)30(3,4)21-6-5-7-22(31)16-21/h5-11,16,18,20,24-26,36H,12-15,17H2,1-4H3,(H,33,37)(H,34,38)(H,39,40)/t20-,24-,25-,26?/m0/s1. The molecule has 2 aromatic rings. The Morgan fingerprint density at radius 1 is 1.20 bits per heavy atom. The van der Waals surface area contributed by atoms with Gasteiger partial charge in [0.05, 0.1) is 18.7 Å². The Hall–Kier alpha value is -3.17. The zero-order valence-electron chi connectivity index (χ0n) is 23.4. The molecule has 10 heteroatoms. The quantitative estimate of drug-likeness (QED) is 0.287. The monoisotopic (exact) mass is 575 g/mol. The largest absolute Gasteiger partial charge is 0.465 e. The molecule has 0 aliphatic carbocycles. The molecule has 1 saturated heterocycles. The van der Waals surface area contributed by atoms with E-state index in [4.69, 9.17) is 11.6 Å². The van der Waals surface area contributed by atoms with Gasteiger partial charge in [0, 0.05) is 22.9 Å². The first-order chi connectivity index (χ1) is 18.8. The summed E-state index contributed by atoms with van der Waals surface area (Å²) in [5.41, 5.74) is 0.344. The molecule has 40 heavy (non-hydrogen) atoms. The van der Waals surface area contributed by atoms with E-state index in [1.165, 1.54) is 24.3 Å². The van der Waals surface area contributed by atoms with Crippen molar-refractivity contribution in [2.45, 2.75) is 70.5 Å². The van der Waals surface area contributed by atoms with Crippen molar-refractivity contribution in [3.8, 4) is 0 Å². The summed E-state index contributed by atoms with van der Waals surface area (Å²) in [6.45, 7) is 7.65. The van der Waals surface area contributed by atoms with E-state index in [1.807, 2.05) is 33.8 Å². The van der Waals surface area contributed by atoms with Crippen LogP contribution < -0.4 is 10.6 Å². The number of nitrogens with zero attached hydrogens (tertiary/aromatic N) is 1. The first-order valence-corrected chi connectivity index (χ1v) is 13.9. The predicted molar refractivity (Wildman–Crippen MR) is 151 cm³/mol. The number of hydrogen-bond donors (Lipinski definition) is 4. The van der Waals surface area contributed by atoms with Crippen LogP contribution in [-0.2, 0) is 15.0 Å². The fraction of sp³-hybridized carbons (Fsp3) is 0.500. The number of halogens is 2. The molecule has 1 aliphatic rings. The fourth-order valence-corrected chi connectivity index (χ4v) is 5.71. The van der Waals surface area contributed by atoms with Gasteiger partial charge in [-0.3, -0.25) is 14.5 Å². The zero-order valence-corrected chi connectivity index (χ0v) is 24.1. The van der Waals surface area contributed by atoms with Crippen molar-refractivity contribution in [2.24, 2.45) is 11.8 Å². The van der Waals surface area contributed by atoms with Crippen molar-refractivity contribution in [1.29, 1.82) is 0 Å². The van der Waals surface area contributed by atoms with Gasteiger partial charge in [0.15, 0.2) is 0 Å². The molecule has 1 heterocycles. The molecule has 2 aromatic carbocycles. The number of benzene rings is 2. The second-order valence-electron chi connectivity index (χ2n) is 11.4. The minimum atomic E-state index is -1.32. The lowest BCUT2D eigenvalue weighted by atomic mass is 9.73. The Balaban J connectivity index is 2.07. The van der Waals surface area contributed by atoms with Crippen LogP contribution in [0, 0.1) is 17.7 Å². The van der Waals surface area contributed by atoms with Crippen LogP contribution in [-0.4, -0.2) is 58.3 Å². The fourth-order valence-electron chi connectivity index (χ4n) is 5.52. The average Bonchev–Trinajstić information content (AvgIpc) is 3.29. The third kappa shape index (κ3) is 7.52. The molecule has 0 bridgehead atoms. The highest BCUT2D eigenvalue weighted by Gasteiger charge is 2.45. The van der Waals surface area contributed by atoms with Crippen LogP contribution in [0.2, 0.25) is 5.02 Å². The predicted octanol–water partition coefficient (Wildman–Crippen LogP) is 4.90. The maximum Gasteiger partial charge on any atom is 0.408 e. The van der Waals surface area contributed by atoms with E-state index >= 15 is 0 Å². The van der Waals surface area contributed by atoms with Gasteiger partial charge in [0.25, 0.3) is 0 Å². The van der Waals surface area contributed by atoms with Crippen LogP contribution in [0.1, 0.15) is 64.1 Å². The summed E-state index contributed by atoms with van der Waals surface area (Å²) in [6.07, 6.45) is -0.280. The van der Waals surface area contributed by atoms with Crippen LogP contribution in [0.4, 0.5) is 9.18 Å². The number of rotatable bonds is 12. The summed E-state index contributed by atoms with van der Waals surface area (Å²) in [4.78, 5) is 40.2. The maximum absolute atomic E-state index is 14.0. The minimum absolute atomic E-state index is 0.0612. The zero-order chi connectivity index (χ0) is 29.6. The second-order valence-corrected chi connectivity index (χ2v) is 11.9. The van der Waals surface area contributed by atoms with E-state index in [1.54, 1.807) is 18.2 Å². The Morgan fingerprint density at radius 3 is 2.40 bits per heavy atom. The molecule has 0 spiro atoms. The lowest BCUT2D eigenvalue weighted by Gasteiger charge is -2.45.